The van der Waals surface area contributed by atoms with Crippen LogP contribution in [0.4, 0.5) is 5.00 Å². The first-order chi connectivity index (χ1) is 13.6. The molecule has 0 aliphatic carbocycles. The van der Waals surface area contributed by atoms with Crippen molar-refractivity contribution in [2.45, 2.75) is 34.2 Å². The Morgan fingerprint density at radius 2 is 1.90 bits per heavy atom. The maximum Gasteiger partial charge on any atom is 0.264 e. The Balaban J connectivity index is 1.69. The summed E-state index contributed by atoms with van der Waals surface area (Å²) in [6.45, 7) is 7.92. The standard InChI is InChI=1S/C22H26N4O2S/c1-15-11-18(24-21(28)22(2,3)4)29-19(15)20(27)25(5)13-16-12-23-26(14-16)17-9-7-6-8-10-17/h6-12,14H,13H2,1-5H3,(H,24,28). The lowest BCUT2D eigenvalue weighted by molar-refractivity contribution is -0.123. The molecule has 0 spiro atoms. The van der Waals surface area contributed by atoms with E-state index in [9.17, 15) is 9.59 Å². The van der Waals surface area contributed by atoms with Gasteiger partial charge in [-0.3, -0.25) is 9.59 Å². The summed E-state index contributed by atoms with van der Waals surface area (Å²) >= 11 is 1.31. The highest BCUT2D eigenvalue weighted by molar-refractivity contribution is 7.18. The molecule has 1 N–H and O–H groups in total. The highest BCUT2D eigenvalue weighted by atomic mass is 32.1. The minimum Gasteiger partial charge on any atom is -0.337 e. The predicted octanol–water partition coefficient (Wildman–Crippen LogP) is 4.50. The van der Waals surface area contributed by atoms with E-state index in [0.717, 1.165) is 16.8 Å². The summed E-state index contributed by atoms with van der Waals surface area (Å²) in [5.74, 6) is -0.143. The van der Waals surface area contributed by atoms with Gasteiger partial charge in [-0.25, -0.2) is 4.68 Å². The van der Waals surface area contributed by atoms with Crippen LogP contribution in [0.5, 0.6) is 0 Å². The minimum atomic E-state index is -0.488. The lowest BCUT2D eigenvalue weighted by Crippen LogP contribution is -2.27. The van der Waals surface area contributed by atoms with Crippen LogP contribution in [0.15, 0.2) is 48.8 Å². The van der Waals surface area contributed by atoms with Gasteiger partial charge in [0.15, 0.2) is 0 Å². The fourth-order valence-corrected chi connectivity index (χ4v) is 3.80. The van der Waals surface area contributed by atoms with E-state index in [1.54, 1.807) is 22.8 Å². The Bertz CT molecular complexity index is 1020. The Hall–Kier alpha value is -2.93. The smallest absolute Gasteiger partial charge is 0.264 e. The van der Waals surface area contributed by atoms with Crippen LogP contribution >= 0.6 is 11.3 Å². The molecule has 2 amide bonds. The number of nitrogens with zero attached hydrogens (tertiary/aromatic N) is 3. The summed E-state index contributed by atoms with van der Waals surface area (Å²) in [6.07, 6.45) is 3.70. The zero-order chi connectivity index (χ0) is 21.2. The first kappa shape index (κ1) is 20.8. The maximum atomic E-state index is 12.9. The third-order valence-corrected chi connectivity index (χ3v) is 5.59. The van der Waals surface area contributed by atoms with Crippen LogP contribution in [0.2, 0.25) is 0 Å². The number of nitrogens with one attached hydrogen (secondary N) is 1. The molecule has 0 fully saturated rings. The Labute approximate surface area is 175 Å². The van der Waals surface area contributed by atoms with Crippen LogP contribution in [-0.2, 0) is 11.3 Å². The predicted molar refractivity (Wildman–Crippen MR) is 117 cm³/mol. The van der Waals surface area contributed by atoms with Crippen molar-refractivity contribution in [2.24, 2.45) is 5.41 Å². The Kier molecular flexibility index (Phi) is 5.88. The van der Waals surface area contributed by atoms with Crippen molar-refractivity contribution in [3.8, 4) is 5.69 Å². The van der Waals surface area contributed by atoms with E-state index in [-0.39, 0.29) is 11.8 Å². The largest absolute Gasteiger partial charge is 0.337 e. The molecule has 29 heavy (non-hydrogen) atoms. The Morgan fingerprint density at radius 3 is 2.55 bits per heavy atom. The van der Waals surface area contributed by atoms with Gasteiger partial charge < -0.3 is 10.2 Å². The molecule has 0 atom stereocenters. The number of benzene rings is 1. The molecule has 0 unspecified atom stereocenters. The molecule has 152 valence electrons. The van der Waals surface area contributed by atoms with Crippen molar-refractivity contribution in [1.82, 2.24) is 14.7 Å². The van der Waals surface area contributed by atoms with Crippen LogP contribution in [0.25, 0.3) is 5.69 Å². The van der Waals surface area contributed by atoms with Crippen molar-refractivity contribution >= 4 is 28.2 Å². The van der Waals surface area contributed by atoms with Gasteiger partial charge in [0, 0.05) is 30.8 Å². The van der Waals surface area contributed by atoms with Gasteiger partial charge in [0.05, 0.1) is 21.8 Å². The van der Waals surface area contributed by atoms with E-state index >= 15 is 0 Å². The van der Waals surface area contributed by atoms with Crippen LogP contribution < -0.4 is 5.32 Å². The monoisotopic (exact) mass is 410 g/mol. The fraction of sp³-hybridized carbons (Fsp3) is 0.318. The number of hydrogen-bond donors (Lipinski definition) is 1. The molecule has 7 heteroatoms. The summed E-state index contributed by atoms with van der Waals surface area (Å²) in [7, 11) is 1.77. The van der Waals surface area contributed by atoms with E-state index in [4.69, 9.17) is 0 Å². The summed E-state index contributed by atoms with van der Waals surface area (Å²) in [4.78, 5) is 27.4. The summed E-state index contributed by atoms with van der Waals surface area (Å²) in [5.41, 5.74) is 2.29. The molecule has 3 aromatic rings. The first-order valence-corrected chi connectivity index (χ1v) is 10.2. The SMILES string of the molecule is Cc1cc(NC(=O)C(C)(C)C)sc1C(=O)N(C)Cc1cnn(-c2ccccc2)c1. The second-order valence-corrected chi connectivity index (χ2v) is 9.17. The molecule has 0 radical (unpaired) electrons. The number of hydrogen-bond acceptors (Lipinski definition) is 4. The van der Waals surface area contributed by atoms with Crippen molar-refractivity contribution < 1.29 is 9.59 Å². The second-order valence-electron chi connectivity index (χ2n) is 8.12. The lowest BCUT2D eigenvalue weighted by atomic mass is 9.96. The van der Waals surface area contributed by atoms with Crippen LogP contribution in [0, 0.1) is 12.3 Å². The molecule has 0 aliphatic heterocycles. The van der Waals surface area contributed by atoms with Gasteiger partial charge in [0.2, 0.25) is 5.91 Å². The van der Waals surface area contributed by atoms with Crippen molar-refractivity contribution in [2.75, 3.05) is 12.4 Å². The molecule has 1 aromatic carbocycles. The van der Waals surface area contributed by atoms with Gasteiger partial charge in [0.25, 0.3) is 5.91 Å². The van der Waals surface area contributed by atoms with E-state index in [1.807, 2.05) is 70.3 Å². The topological polar surface area (TPSA) is 67.2 Å². The van der Waals surface area contributed by atoms with Crippen LogP contribution in [-0.4, -0.2) is 33.5 Å². The second kappa shape index (κ2) is 8.21. The average molecular weight is 411 g/mol. The van der Waals surface area contributed by atoms with Crippen molar-refractivity contribution in [3.63, 3.8) is 0 Å². The highest BCUT2D eigenvalue weighted by Crippen LogP contribution is 2.29. The molecule has 3 rings (SSSR count). The normalized spacial score (nSPS) is 11.3. The van der Waals surface area contributed by atoms with Crippen molar-refractivity contribution in [1.29, 1.82) is 0 Å². The van der Waals surface area contributed by atoms with Gasteiger partial charge >= 0.3 is 0 Å². The number of carbonyl (C=O) groups excluding carboxylic acids is 2. The zero-order valence-electron chi connectivity index (χ0n) is 17.4. The Morgan fingerprint density at radius 1 is 1.21 bits per heavy atom. The third-order valence-electron chi connectivity index (χ3n) is 4.45. The fourth-order valence-electron chi connectivity index (χ4n) is 2.74. The number of anilines is 1. The molecule has 2 aromatic heterocycles. The van der Waals surface area contributed by atoms with Gasteiger partial charge in [0.1, 0.15) is 0 Å². The zero-order valence-corrected chi connectivity index (χ0v) is 18.2. The maximum absolute atomic E-state index is 12.9. The molecular weight excluding hydrogens is 384 g/mol. The number of aromatic nitrogens is 2. The number of amides is 2. The van der Waals surface area contributed by atoms with Gasteiger partial charge in [-0.05, 0) is 30.7 Å². The number of rotatable bonds is 5. The number of thiophene rings is 1. The minimum absolute atomic E-state index is 0.0700. The molecule has 0 aliphatic rings. The molecule has 0 bridgehead atoms. The quantitative estimate of drug-likeness (QED) is 0.673. The lowest BCUT2D eigenvalue weighted by Gasteiger charge is -2.17. The molecular formula is C22H26N4O2S. The molecule has 0 saturated heterocycles. The first-order valence-electron chi connectivity index (χ1n) is 9.41. The number of para-hydroxylation sites is 1. The van der Waals surface area contributed by atoms with Crippen molar-refractivity contribution in [3.05, 3.63) is 64.8 Å². The van der Waals surface area contributed by atoms with E-state index in [2.05, 4.69) is 10.4 Å². The molecule has 6 nitrogen and oxygen atoms in total. The van der Waals surface area contributed by atoms with Crippen LogP contribution in [0.3, 0.4) is 0 Å². The van der Waals surface area contributed by atoms with Crippen LogP contribution in [0.1, 0.15) is 41.6 Å². The van der Waals surface area contributed by atoms with E-state index in [0.29, 0.717) is 16.4 Å². The van der Waals surface area contributed by atoms with E-state index in [1.165, 1.54) is 11.3 Å². The van der Waals surface area contributed by atoms with Gasteiger partial charge in [-0.1, -0.05) is 39.0 Å². The molecule has 0 saturated carbocycles. The molecule has 2 heterocycles. The summed E-state index contributed by atoms with van der Waals surface area (Å²) < 4.78 is 1.80. The summed E-state index contributed by atoms with van der Waals surface area (Å²) in [5, 5.41) is 7.98. The highest BCUT2D eigenvalue weighted by Gasteiger charge is 2.24. The van der Waals surface area contributed by atoms with Gasteiger partial charge in [-0.15, -0.1) is 11.3 Å². The van der Waals surface area contributed by atoms with E-state index < -0.39 is 5.41 Å². The number of carbonyl (C=O) groups is 2. The number of aryl methyl sites for hydroxylation is 1. The third kappa shape index (κ3) is 4.92. The summed E-state index contributed by atoms with van der Waals surface area (Å²) in [6, 6.07) is 11.7. The van der Waals surface area contributed by atoms with Gasteiger partial charge in [-0.2, -0.15) is 5.10 Å². The average Bonchev–Trinajstić information content (AvgIpc) is 3.27.